The van der Waals surface area contributed by atoms with E-state index in [1.54, 1.807) is 6.92 Å². The van der Waals surface area contributed by atoms with Crippen LogP contribution in [0.4, 0.5) is 13.2 Å². The number of nitrogens with zero attached hydrogens (tertiary/aromatic N) is 1. The molecular formula is C13H23F3N2O. The van der Waals surface area contributed by atoms with Crippen molar-refractivity contribution in [1.29, 1.82) is 0 Å². The molecule has 0 heterocycles. The Bertz CT molecular complexity index is 314. The van der Waals surface area contributed by atoms with Crippen LogP contribution in [0.5, 0.6) is 0 Å². The molecule has 1 aliphatic rings. The van der Waals surface area contributed by atoms with Crippen molar-refractivity contribution in [2.24, 2.45) is 17.6 Å². The third-order valence-electron chi connectivity index (χ3n) is 3.47. The number of halogens is 3. The quantitative estimate of drug-likeness (QED) is 0.812. The van der Waals surface area contributed by atoms with Crippen LogP contribution in [0.2, 0.25) is 0 Å². The van der Waals surface area contributed by atoms with Gasteiger partial charge in [-0.3, -0.25) is 4.79 Å². The van der Waals surface area contributed by atoms with Gasteiger partial charge in [0.25, 0.3) is 0 Å². The summed E-state index contributed by atoms with van der Waals surface area (Å²) in [4.78, 5) is 13.1. The van der Waals surface area contributed by atoms with Gasteiger partial charge in [-0.1, -0.05) is 13.8 Å². The predicted octanol–water partition coefficient (Wildman–Crippen LogP) is 2.55. The number of carbonyl (C=O) groups is 1. The van der Waals surface area contributed by atoms with Crippen LogP contribution in [0.25, 0.3) is 0 Å². The summed E-state index contributed by atoms with van der Waals surface area (Å²) < 4.78 is 37.8. The minimum absolute atomic E-state index is 0.183. The summed E-state index contributed by atoms with van der Waals surface area (Å²) in [7, 11) is 0. The van der Waals surface area contributed by atoms with E-state index in [0.29, 0.717) is 6.42 Å². The van der Waals surface area contributed by atoms with Crippen molar-refractivity contribution in [3.8, 4) is 0 Å². The maximum absolute atomic E-state index is 12.6. The van der Waals surface area contributed by atoms with Gasteiger partial charge < -0.3 is 10.6 Å². The Morgan fingerprint density at radius 1 is 1.32 bits per heavy atom. The van der Waals surface area contributed by atoms with Crippen molar-refractivity contribution in [1.82, 2.24) is 4.90 Å². The third-order valence-corrected chi connectivity index (χ3v) is 3.47. The van der Waals surface area contributed by atoms with Crippen molar-refractivity contribution in [2.75, 3.05) is 6.54 Å². The van der Waals surface area contributed by atoms with Crippen LogP contribution in [-0.2, 0) is 4.79 Å². The highest BCUT2D eigenvalue weighted by Gasteiger charge is 2.41. The molecule has 0 bridgehead atoms. The van der Waals surface area contributed by atoms with Gasteiger partial charge in [-0.25, -0.2) is 0 Å². The monoisotopic (exact) mass is 280 g/mol. The van der Waals surface area contributed by atoms with Gasteiger partial charge in [0.1, 0.15) is 6.54 Å². The van der Waals surface area contributed by atoms with Gasteiger partial charge in [-0.15, -0.1) is 0 Å². The zero-order valence-corrected chi connectivity index (χ0v) is 11.7. The van der Waals surface area contributed by atoms with Crippen LogP contribution in [0, 0.1) is 11.8 Å². The second kappa shape index (κ2) is 6.11. The summed E-state index contributed by atoms with van der Waals surface area (Å²) in [6, 6.07) is -1.23. The molecule has 2 atom stereocenters. The number of amides is 1. The van der Waals surface area contributed by atoms with E-state index >= 15 is 0 Å². The normalized spacial score (nSPS) is 19.4. The fourth-order valence-electron chi connectivity index (χ4n) is 2.27. The number of hydrogen-bond acceptors (Lipinski definition) is 2. The molecule has 0 aliphatic heterocycles. The molecule has 1 fully saturated rings. The lowest BCUT2D eigenvalue weighted by atomic mass is 10.0. The Kier molecular flexibility index (Phi) is 5.24. The lowest BCUT2D eigenvalue weighted by Crippen LogP contribution is -2.52. The molecule has 0 radical (unpaired) electrons. The van der Waals surface area contributed by atoms with E-state index in [-0.39, 0.29) is 17.9 Å². The minimum atomic E-state index is -4.38. The Balaban J connectivity index is 2.73. The number of nitrogens with two attached hydrogens (primary N) is 1. The molecular weight excluding hydrogens is 257 g/mol. The van der Waals surface area contributed by atoms with E-state index in [0.717, 1.165) is 17.7 Å². The van der Waals surface area contributed by atoms with Gasteiger partial charge in [0.15, 0.2) is 0 Å². The topological polar surface area (TPSA) is 46.3 Å². The van der Waals surface area contributed by atoms with Crippen molar-refractivity contribution in [2.45, 2.75) is 58.3 Å². The summed E-state index contributed by atoms with van der Waals surface area (Å²) in [5, 5.41) is 0. The molecule has 0 aromatic rings. The van der Waals surface area contributed by atoms with E-state index in [2.05, 4.69) is 0 Å². The molecule has 1 saturated carbocycles. The Labute approximate surface area is 112 Å². The first kappa shape index (κ1) is 16.3. The van der Waals surface area contributed by atoms with Crippen molar-refractivity contribution in [3.05, 3.63) is 0 Å². The van der Waals surface area contributed by atoms with Crippen molar-refractivity contribution < 1.29 is 18.0 Å². The first-order valence-corrected chi connectivity index (χ1v) is 6.74. The standard InChI is InChI=1S/C13H23F3N2O/c1-8(2)6-11(17)12(19)18(7-13(14,15)16)9(3)10-4-5-10/h8-11H,4-7,17H2,1-3H3/t9?,11-/m0/s1. The maximum atomic E-state index is 12.6. The summed E-state index contributed by atoms with van der Waals surface area (Å²) in [6.07, 6.45) is -2.19. The molecule has 0 saturated heterocycles. The number of carbonyl (C=O) groups excluding carboxylic acids is 1. The summed E-state index contributed by atoms with van der Waals surface area (Å²) in [6.45, 7) is 4.27. The highest BCUT2D eigenvalue weighted by molar-refractivity contribution is 5.82. The molecule has 1 rings (SSSR count). The van der Waals surface area contributed by atoms with Gasteiger partial charge in [-0.2, -0.15) is 13.2 Å². The van der Waals surface area contributed by atoms with Crippen LogP contribution in [0.3, 0.4) is 0 Å². The van der Waals surface area contributed by atoms with Gasteiger partial charge in [0.05, 0.1) is 6.04 Å². The molecule has 1 unspecified atom stereocenters. The second-order valence-corrected chi connectivity index (χ2v) is 5.90. The largest absolute Gasteiger partial charge is 0.406 e. The molecule has 1 amide bonds. The van der Waals surface area contributed by atoms with Crippen LogP contribution in [0.15, 0.2) is 0 Å². The van der Waals surface area contributed by atoms with E-state index in [1.165, 1.54) is 0 Å². The molecule has 112 valence electrons. The van der Waals surface area contributed by atoms with E-state index in [4.69, 9.17) is 5.73 Å². The average Bonchev–Trinajstić information content (AvgIpc) is 3.05. The summed E-state index contributed by atoms with van der Waals surface area (Å²) in [5.74, 6) is -0.203. The van der Waals surface area contributed by atoms with Crippen LogP contribution in [-0.4, -0.2) is 35.6 Å². The first-order valence-electron chi connectivity index (χ1n) is 6.74. The van der Waals surface area contributed by atoms with E-state index < -0.39 is 24.7 Å². The zero-order valence-electron chi connectivity index (χ0n) is 11.7. The first-order chi connectivity index (χ1) is 8.61. The van der Waals surface area contributed by atoms with Gasteiger partial charge in [0.2, 0.25) is 5.91 Å². The fourth-order valence-corrected chi connectivity index (χ4v) is 2.27. The van der Waals surface area contributed by atoms with Gasteiger partial charge >= 0.3 is 6.18 Å². The second-order valence-electron chi connectivity index (χ2n) is 5.90. The smallest absolute Gasteiger partial charge is 0.329 e. The number of hydrogen-bond donors (Lipinski definition) is 1. The number of alkyl halides is 3. The Morgan fingerprint density at radius 3 is 2.21 bits per heavy atom. The molecule has 19 heavy (non-hydrogen) atoms. The zero-order chi connectivity index (χ0) is 14.8. The Morgan fingerprint density at radius 2 is 1.84 bits per heavy atom. The SMILES string of the molecule is CC(C)C[C@H](N)C(=O)N(CC(F)(F)F)C(C)C1CC1. The molecule has 2 N–H and O–H groups in total. The predicted molar refractivity (Wildman–Crippen MR) is 67.4 cm³/mol. The van der Waals surface area contributed by atoms with E-state index in [1.807, 2.05) is 13.8 Å². The van der Waals surface area contributed by atoms with Crippen LogP contribution in [0.1, 0.15) is 40.0 Å². The molecule has 3 nitrogen and oxygen atoms in total. The lowest BCUT2D eigenvalue weighted by molar-refractivity contribution is -0.167. The van der Waals surface area contributed by atoms with Gasteiger partial charge in [0, 0.05) is 6.04 Å². The average molecular weight is 280 g/mol. The molecule has 0 aromatic heterocycles. The minimum Gasteiger partial charge on any atom is -0.329 e. The van der Waals surface area contributed by atoms with Crippen molar-refractivity contribution in [3.63, 3.8) is 0 Å². The Hall–Kier alpha value is -0.780. The van der Waals surface area contributed by atoms with Crippen LogP contribution >= 0.6 is 0 Å². The molecule has 0 aromatic carbocycles. The molecule has 1 aliphatic carbocycles. The number of rotatable bonds is 6. The third kappa shape index (κ3) is 5.38. The summed E-state index contributed by atoms with van der Waals surface area (Å²) >= 11 is 0. The summed E-state index contributed by atoms with van der Waals surface area (Å²) in [5.41, 5.74) is 5.74. The van der Waals surface area contributed by atoms with E-state index in [9.17, 15) is 18.0 Å². The fraction of sp³-hybridized carbons (Fsp3) is 0.923. The molecule has 6 heteroatoms. The maximum Gasteiger partial charge on any atom is 0.406 e. The van der Waals surface area contributed by atoms with Crippen molar-refractivity contribution >= 4 is 5.91 Å². The lowest BCUT2D eigenvalue weighted by Gasteiger charge is -2.32. The van der Waals surface area contributed by atoms with Gasteiger partial charge in [-0.05, 0) is 38.0 Å². The highest BCUT2D eigenvalue weighted by Crippen LogP contribution is 2.36. The molecule has 0 spiro atoms. The van der Waals surface area contributed by atoms with Crippen LogP contribution < -0.4 is 5.73 Å². The highest BCUT2D eigenvalue weighted by atomic mass is 19.4.